The number of aliphatic imine (C=N–C) groups is 1. The fourth-order valence-corrected chi connectivity index (χ4v) is 4.38. The number of nitriles is 1. The molecule has 2 saturated heterocycles. The maximum absolute atomic E-state index is 9.59. The number of nitrogens with two attached hydrogens (primary N) is 1. The minimum Gasteiger partial charge on any atom is -0.382 e. The van der Waals surface area contributed by atoms with Crippen molar-refractivity contribution in [2.75, 3.05) is 18.8 Å². The predicted octanol–water partition coefficient (Wildman–Crippen LogP) is 3.06. The lowest BCUT2D eigenvalue weighted by atomic mass is 9.96. The van der Waals surface area contributed by atoms with Crippen LogP contribution in [0.3, 0.4) is 0 Å². The SMILES string of the molecule is CCNC(=NCCCc1nn(-c2ccc(C)cc2)c(N)c1C#N)NC1CC2CCC1O2.I. The molecule has 0 radical (unpaired) electrons. The molecule has 172 valence electrons. The summed E-state index contributed by atoms with van der Waals surface area (Å²) in [6.45, 7) is 5.54. The summed E-state index contributed by atoms with van der Waals surface area (Å²) >= 11 is 0. The first-order valence-electron chi connectivity index (χ1n) is 11.1. The van der Waals surface area contributed by atoms with Gasteiger partial charge in [0, 0.05) is 13.1 Å². The second-order valence-corrected chi connectivity index (χ2v) is 8.29. The average molecular weight is 549 g/mol. The quantitative estimate of drug-likeness (QED) is 0.212. The molecule has 4 N–H and O–H groups in total. The average Bonchev–Trinajstić information content (AvgIpc) is 3.46. The predicted molar refractivity (Wildman–Crippen MR) is 137 cm³/mol. The Morgan fingerprint density at radius 3 is 2.75 bits per heavy atom. The Morgan fingerprint density at radius 1 is 1.34 bits per heavy atom. The van der Waals surface area contributed by atoms with Gasteiger partial charge in [-0.1, -0.05) is 17.7 Å². The van der Waals surface area contributed by atoms with Gasteiger partial charge in [0.25, 0.3) is 0 Å². The topological polar surface area (TPSA) is 113 Å². The van der Waals surface area contributed by atoms with Crippen molar-refractivity contribution in [3.63, 3.8) is 0 Å². The van der Waals surface area contributed by atoms with E-state index < -0.39 is 0 Å². The number of benzene rings is 1. The lowest BCUT2D eigenvalue weighted by molar-refractivity contribution is 0.0992. The van der Waals surface area contributed by atoms with Crippen molar-refractivity contribution >= 4 is 35.8 Å². The number of halogens is 1. The van der Waals surface area contributed by atoms with Gasteiger partial charge in [-0.3, -0.25) is 4.99 Å². The Hall–Kier alpha value is -2.32. The van der Waals surface area contributed by atoms with Crippen molar-refractivity contribution in [3.8, 4) is 11.8 Å². The van der Waals surface area contributed by atoms with E-state index in [0.29, 0.717) is 42.6 Å². The number of fused-ring (bicyclic) bond motifs is 2. The molecule has 3 atom stereocenters. The summed E-state index contributed by atoms with van der Waals surface area (Å²) in [6, 6.07) is 10.5. The molecule has 2 bridgehead atoms. The number of aryl methyl sites for hydroxylation is 2. The third-order valence-corrected chi connectivity index (χ3v) is 6.00. The number of nitrogens with one attached hydrogen (secondary N) is 2. The van der Waals surface area contributed by atoms with Gasteiger partial charge in [0.05, 0.1) is 29.6 Å². The maximum Gasteiger partial charge on any atom is 0.191 e. The van der Waals surface area contributed by atoms with Crippen molar-refractivity contribution in [1.29, 1.82) is 5.26 Å². The molecular weight excluding hydrogens is 517 g/mol. The van der Waals surface area contributed by atoms with Crippen molar-refractivity contribution < 1.29 is 4.74 Å². The van der Waals surface area contributed by atoms with E-state index in [0.717, 1.165) is 48.7 Å². The highest BCUT2D eigenvalue weighted by molar-refractivity contribution is 14.0. The number of rotatable bonds is 7. The zero-order valence-electron chi connectivity index (χ0n) is 18.7. The van der Waals surface area contributed by atoms with Crippen LogP contribution in [0.5, 0.6) is 0 Å². The van der Waals surface area contributed by atoms with Crippen molar-refractivity contribution in [2.45, 2.75) is 64.2 Å². The highest BCUT2D eigenvalue weighted by Gasteiger charge is 2.41. The van der Waals surface area contributed by atoms with E-state index in [2.05, 4.69) is 28.7 Å². The number of nitrogen functional groups attached to an aromatic ring is 1. The van der Waals surface area contributed by atoms with Gasteiger partial charge in [-0.15, -0.1) is 24.0 Å². The van der Waals surface area contributed by atoms with Crippen LogP contribution in [0.2, 0.25) is 0 Å². The zero-order chi connectivity index (χ0) is 21.8. The van der Waals surface area contributed by atoms with Gasteiger partial charge in [0.2, 0.25) is 0 Å². The molecule has 0 amide bonds. The van der Waals surface area contributed by atoms with Gasteiger partial charge < -0.3 is 21.1 Å². The number of hydrogen-bond acceptors (Lipinski definition) is 5. The monoisotopic (exact) mass is 549 g/mol. The van der Waals surface area contributed by atoms with Crippen molar-refractivity contribution in [1.82, 2.24) is 20.4 Å². The smallest absolute Gasteiger partial charge is 0.191 e. The van der Waals surface area contributed by atoms with E-state index in [1.807, 2.05) is 31.2 Å². The molecule has 0 spiro atoms. The molecule has 9 heteroatoms. The van der Waals surface area contributed by atoms with Gasteiger partial charge >= 0.3 is 0 Å². The van der Waals surface area contributed by atoms with Gasteiger partial charge in [-0.25, -0.2) is 4.68 Å². The third-order valence-electron chi connectivity index (χ3n) is 6.00. The summed E-state index contributed by atoms with van der Waals surface area (Å²) < 4.78 is 7.58. The molecule has 0 aliphatic carbocycles. The molecule has 2 aliphatic rings. The van der Waals surface area contributed by atoms with Crippen LogP contribution in [0.1, 0.15) is 49.4 Å². The number of guanidine groups is 1. The van der Waals surface area contributed by atoms with E-state index in [4.69, 9.17) is 15.5 Å². The molecule has 3 heterocycles. The first-order chi connectivity index (χ1) is 15.1. The summed E-state index contributed by atoms with van der Waals surface area (Å²) in [5, 5.41) is 21.1. The molecule has 8 nitrogen and oxygen atoms in total. The second-order valence-electron chi connectivity index (χ2n) is 8.29. The van der Waals surface area contributed by atoms with Gasteiger partial charge in [-0.2, -0.15) is 10.4 Å². The fourth-order valence-electron chi connectivity index (χ4n) is 4.38. The molecule has 32 heavy (non-hydrogen) atoms. The first kappa shape index (κ1) is 24.3. The zero-order valence-corrected chi connectivity index (χ0v) is 21.0. The Morgan fingerprint density at radius 2 is 2.12 bits per heavy atom. The Balaban J connectivity index is 0.00000289. The molecule has 2 aliphatic heterocycles. The second kappa shape index (κ2) is 11.0. The van der Waals surface area contributed by atoms with E-state index in [9.17, 15) is 5.26 Å². The standard InChI is InChI=1S/C23H31N7O.HI/c1-3-26-23(28-20-13-17-10-11-21(20)31-17)27-12-4-5-19-18(14-24)22(25)30(29-19)16-8-6-15(2)7-9-16;/h6-9,17,20-21H,3-5,10-13,25H2,1-2H3,(H2,26,27,28);1H. The van der Waals surface area contributed by atoms with Gasteiger partial charge in [0.1, 0.15) is 17.5 Å². The minimum atomic E-state index is 0. The lowest BCUT2D eigenvalue weighted by Gasteiger charge is -2.22. The summed E-state index contributed by atoms with van der Waals surface area (Å²) in [6.07, 6.45) is 5.50. The van der Waals surface area contributed by atoms with Crippen molar-refractivity contribution in [2.24, 2.45) is 4.99 Å². The van der Waals surface area contributed by atoms with Gasteiger partial charge in [0.15, 0.2) is 5.96 Å². The normalized spacial score (nSPS) is 21.8. The number of hydrogen-bond donors (Lipinski definition) is 3. The fraction of sp³-hybridized carbons (Fsp3) is 0.522. The molecule has 1 aromatic carbocycles. The number of ether oxygens (including phenoxy) is 1. The molecule has 3 unspecified atom stereocenters. The highest BCUT2D eigenvalue weighted by Crippen LogP contribution is 2.34. The first-order valence-corrected chi connectivity index (χ1v) is 11.1. The van der Waals surface area contributed by atoms with Crippen LogP contribution in [0, 0.1) is 18.3 Å². The summed E-state index contributed by atoms with van der Waals surface area (Å²) in [4.78, 5) is 4.72. The Kier molecular flexibility index (Phi) is 8.37. The van der Waals surface area contributed by atoms with Crippen LogP contribution in [0.25, 0.3) is 5.69 Å². The number of nitrogens with zero attached hydrogens (tertiary/aromatic N) is 4. The van der Waals surface area contributed by atoms with Gasteiger partial charge in [-0.05, 0) is 58.1 Å². The van der Waals surface area contributed by atoms with Crippen LogP contribution >= 0.6 is 24.0 Å². The van der Waals surface area contributed by atoms with Crippen LogP contribution < -0.4 is 16.4 Å². The molecular formula is C23H32IN7O. The third kappa shape index (κ3) is 5.35. The van der Waals surface area contributed by atoms with Crippen molar-refractivity contribution in [3.05, 3.63) is 41.1 Å². The van der Waals surface area contributed by atoms with E-state index in [-0.39, 0.29) is 24.0 Å². The lowest BCUT2D eigenvalue weighted by Crippen LogP contribution is -2.47. The van der Waals surface area contributed by atoms with Crippen LogP contribution in [0.4, 0.5) is 5.82 Å². The van der Waals surface area contributed by atoms with E-state index >= 15 is 0 Å². The molecule has 0 saturated carbocycles. The molecule has 4 rings (SSSR count). The molecule has 1 aromatic heterocycles. The van der Waals surface area contributed by atoms with Crippen LogP contribution in [0.15, 0.2) is 29.3 Å². The van der Waals surface area contributed by atoms with E-state index in [1.54, 1.807) is 4.68 Å². The summed E-state index contributed by atoms with van der Waals surface area (Å²) in [7, 11) is 0. The van der Waals surface area contributed by atoms with E-state index in [1.165, 1.54) is 6.42 Å². The summed E-state index contributed by atoms with van der Waals surface area (Å²) in [5.41, 5.74) is 9.41. The molecule has 2 fully saturated rings. The maximum atomic E-state index is 9.59. The molecule has 2 aromatic rings. The van der Waals surface area contributed by atoms with Crippen LogP contribution in [-0.2, 0) is 11.2 Å². The Labute approximate surface area is 206 Å². The summed E-state index contributed by atoms with van der Waals surface area (Å²) in [5.74, 6) is 1.21. The largest absolute Gasteiger partial charge is 0.382 e. The highest BCUT2D eigenvalue weighted by atomic mass is 127. The Bertz CT molecular complexity index is 979. The number of aromatic nitrogens is 2. The number of anilines is 1. The minimum absolute atomic E-state index is 0. The van der Waals surface area contributed by atoms with Crippen LogP contribution in [-0.4, -0.2) is 47.1 Å².